The van der Waals surface area contributed by atoms with Crippen molar-refractivity contribution >= 4 is 5.91 Å². The number of H-pyrrole nitrogens is 1. The van der Waals surface area contributed by atoms with Crippen molar-refractivity contribution in [3.8, 4) is 0 Å². The summed E-state index contributed by atoms with van der Waals surface area (Å²) in [6.07, 6.45) is 7.21. The Morgan fingerprint density at radius 2 is 1.76 bits per heavy atom. The second kappa shape index (κ2) is 10.4. The molecule has 1 atom stereocenters. The number of benzene rings is 1. The molecule has 2 aromatic rings. The Hall–Kier alpha value is -2.43. The minimum atomic E-state index is -0.241. The van der Waals surface area contributed by atoms with Crippen molar-refractivity contribution in [2.24, 2.45) is 0 Å². The first-order chi connectivity index (χ1) is 12.1. The smallest absolute Gasteiger partial charge is 0.264 e. The molecule has 0 spiro atoms. The second-order valence-electron chi connectivity index (χ2n) is 6.39. The normalized spacial score (nSPS) is 11.9. The highest BCUT2D eigenvalue weighted by Gasteiger charge is 2.10. The molecule has 0 fully saturated rings. The highest BCUT2D eigenvalue weighted by molar-refractivity contribution is 5.76. The molecule has 2 N–H and O–H groups in total. The fourth-order valence-corrected chi connectivity index (χ4v) is 2.77. The number of aryl methyl sites for hydroxylation is 1. The van der Waals surface area contributed by atoms with Gasteiger partial charge in [-0.25, -0.2) is 5.10 Å². The Kier molecular flexibility index (Phi) is 7.89. The summed E-state index contributed by atoms with van der Waals surface area (Å²) in [5.41, 5.74) is 1.81. The van der Waals surface area contributed by atoms with Gasteiger partial charge < -0.3 is 5.32 Å². The average molecular weight is 341 g/mol. The largest absolute Gasteiger partial charge is 0.348 e. The maximum absolute atomic E-state index is 12.0. The number of carbonyl (C=O) groups is 1. The van der Waals surface area contributed by atoms with Gasteiger partial charge in [-0.3, -0.25) is 9.59 Å². The second-order valence-corrected chi connectivity index (χ2v) is 6.39. The number of rotatable bonds is 10. The minimum absolute atomic E-state index is 0.0322. The lowest BCUT2D eigenvalue weighted by atomic mass is 10.0. The van der Waals surface area contributed by atoms with Crippen LogP contribution in [0.1, 0.15) is 62.7 Å². The van der Waals surface area contributed by atoms with Crippen LogP contribution in [0.3, 0.4) is 0 Å². The zero-order chi connectivity index (χ0) is 17.9. The number of nitrogens with zero attached hydrogens (tertiary/aromatic N) is 1. The maximum Gasteiger partial charge on any atom is 0.264 e. The molecule has 134 valence electrons. The zero-order valence-corrected chi connectivity index (χ0v) is 14.8. The first kappa shape index (κ1) is 18.9. The molecule has 1 aromatic carbocycles. The van der Waals surface area contributed by atoms with E-state index in [4.69, 9.17) is 0 Å². The third-order valence-corrected chi connectivity index (χ3v) is 4.23. The molecule has 5 heteroatoms. The monoisotopic (exact) mass is 341 g/mol. The highest BCUT2D eigenvalue weighted by atomic mass is 16.1. The fourth-order valence-electron chi connectivity index (χ4n) is 2.77. The van der Waals surface area contributed by atoms with Crippen molar-refractivity contribution in [3.63, 3.8) is 0 Å². The molecule has 0 saturated carbocycles. The van der Waals surface area contributed by atoms with Crippen LogP contribution in [0.15, 0.2) is 47.3 Å². The summed E-state index contributed by atoms with van der Waals surface area (Å²) in [6, 6.07) is 13.4. The van der Waals surface area contributed by atoms with Gasteiger partial charge in [0.1, 0.15) is 0 Å². The molecular formula is C20H27N3O2. The maximum atomic E-state index is 12.0. The Bertz CT molecular complexity index is 677. The van der Waals surface area contributed by atoms with E-state index in [2.05, 4.69) is 39.8 Å². The van der Waals surface area contributed by atoms with Crippen LogP contribution in [0.25, 0.3) is 0 Å². The summed E-state index contributed by atoms with van der Waals surface area (Å²) in [6.45, 7) is 1.86. The van der Waals surface area contributed by atoms with E-state index < -0.39 is 0 Å². The SMILES string of the molecule is C[C@@H](NC(=O)CCCCCCCc1ccccc1)c1ccc(=O)[nH]n1. The van der Waals surface area contributed by atoms with Crippen LogP contribution in [0.5, 0.6) is 0 Å². The van der Waals surface area contributed by atoms with Crippen LogP contribution in [0, 0.1) is 0 Å². The van der Waals surface area contributed by atoms with Crippen LogP contribution < -0.4 is 10.9 Å². The van der Waals surface area contributed by atoms with Gasteiger partial charge in [0.15, 0.2) is 0 Å². The van der Waals surface area contributed by atoms with Crippen molar-refractivity contribution in [3.05, 3.63) is 64.1 Å². The number of amides is 1. The number of aromatic amines is 1. The van der Waals surface area contributed by atoms with E-state index in [0.717, 1.165) is 25.7 Å². The van der Waals surface area contributed by atoms with E-state index in [9.17, 15) is 9.59 Å². The molecule has 0 aliphatic heterocycles. The summed E-state index contributed by atoms with van der Waals surface area (Å²) < 4.78 is 0. The molecule has 1 aromatic heterocycles. The zero-order valence-electron chi connectivity index (χ0n) is 14.8. The third-order valence-electron chi connectivity index (χ3n) is 4.23. The van der Waals surface area contributed by atoms with E-state index in [1.165, 1.54) is 24.5 Å². The van der Waals surface area contributed by atoms with Gasteiger partial charge in [0.2, 0.25) is 5.91 Å². The summed E-state index contributed by atoms with van der Waals surface area (Å²) in [5.74, 6) is 0.0322. The Morgan fingerprint density at radius 3 is 2.48 bits per heavy atom. The number of hydrogen-bond donors (Lipinski definition) is 2. The molecule has 0 aliphatic rings. The predicted molar refractivity (Wildman–Crippen MR) is 99.3 cm³/mol. The summed E-state index contributed by atoms with van der Waals surface area (Å²) in [4.78, 5) is 22.9. The Labute approximate surface area is 148 Å². The lowest BCUT2D eigenvalue weighted by Crippen LogP contribution is -2.27. The minimum Gasteiger partial charge on any atom is -0.348 e. The topological polar surface area (TPSA) is 74.8 Å². The first-order valence-electron chi connectivity index (χ1n) is 9.04. The Morgan fingerprint density at radius 1 is 1.04 bits per heavy atom. The first-order valence-corrected chi connectivity index (χ1v) is 9.04. The molecule has 5 nitrogen and oxygen atoms in total. The summed E-state index contributed by atoms with van der Waals surface area (Å²) in [5, 5.41) is 9.23. The van der Waals surface area contributed by atoms with E-state index >= 15 is 0 Å². The molecule has 0 unspecified atom stereocenters. The van der Waals surface area contributed by atoms with Gasteiger partial charge in [-0.05, 0) is 37.8 Å². The van der Waals surface area contributed by atoms with Crippen molar-refractivity contribution in [1.29, 1.82) is 0 Å². The van der Waals surface area contributed by atoms with Crippen LogP contribution in [0.4, 0.5) is 0 Å². The van der Waals surface area contributed by atoms with Crippen molar-refractivity contribution in [2.45, 2.75) is 57.9 Å². The van der Waals surface area contributed by atoms with E-state index in [1.807, 2.05) is 13.0 Å². The third kappa shape index (κ3) is 7.33. The van der Waals surface area contributed by atoms with Crippen molar-refractivity contribution in [2.75, 3.05) is 0 Å². The van der Waals surface area contributed by atoms with Crippen molar-refractivity contribution in [1.82, 2.24) is 15.5 Å². The fraction of sp³-hybridized carbons (Fsp3) is 0.450. The van der Waals surface area contributed by atoms with E-state index in [0.29, 0.717) is 12.1 Å². The van der Waals surface area contributed by atoms with Gasteiger partial charge in [0, 0.05) is 12.5 Å². The molecule has 0 radical (unpaired) electrons. The standard InChI is InChI=1S/C20H27N3O2/c1-16(18-14-15-20(25)23-22-18)21-19(24)13-9-4-2-3-6-10-17-11-7-5-8-12-17/h5,7-8,11-12,14-16H,2-4,6,9-10,13H2,1H3,(H,21,24)(H,23,25)/t16-/m1/s1. The van der Waals surface area contributed by atoms with Gasteiger partial charge in [-0.1, -0.05) is 49.6 Å². The van der Waals surface area contributed by atoms with Crippen LogP contribution >= 0.6 is 0 Å². The molecule has 1 heterocycles. The van der Waals surface area contributed by atoms with Crippen molar-refractivity contribution < 1.29 is 4.79 Å². The molecule has 0 saturated heterocycles. The molecule has 0 aliphatic carbocycles. The number of nitrogens with one attached hydrogen (secondary N) is 2. The number of hydrogen-bond acceptors (Lipinski definition) is 3. The lowest BCUT2D eigenvalue weighted by molar-refractivity contribution is -0.121. The Balaban J connectivity index is 1.53. The summed E-state index contributed by atoms with van der Waals surface area (Å²) in [7, 11) is 0. The average Bonchev–Trinajstić information content (AvgIpc) is 2.62. The van der Waals surface area contributed by atoms with Crippen LogP contribution in [-0.2, 0) is 11.2 Å². The predicted octanol–water partition coefficient (Wildman–Crippen LogP) is 3.53. The molecule has 25 heavy (non-hydrogen) atoms. The van der Waals surface area contributed by atoms with E-state index in [1.54, 1.807) is 6.07 Å². The van der Waals surface area contributed by atoms with Gasteiger partial charge >= 0.3 is 0 Å². The van der Waals surface area contributed by atoms with E-state index in [-0.39, 0.29) is 17.5 Å². The number of aromatic nitrogens is 2. The molecule has 2 rings (SSSR count). The molecular weight excluding hydrogens is 314 g/mol. The van der Waals surface area contributed by atoms with Crippen LogP contribution in [0.2, 0.25) is 0 Å². The summed E-state index contributed by atoms with van der Waals surface area (Å²) >= 11 is 0. The molecule has 1 amide bonds. The highest BCUT2D eigenvalue weighted by Crippen LogP contribution is 2.11. The quantitative estimate of drug-likeness (QED) is 0.649. The molecule has 0 bridgehead atoms. The number of unbranched alkanes of at least 4 members (excludes halogenated alkanes) is 4. The number of carbonyl (C=O) groups excluding carboxylic acids is 1. The van der Waals surface area contributed by atoms with Gasteiger partial charge in [0.25, 0.3) is 5.56 Å². The van der Waals surface area contributed by atoms with Gasteiger partial charge in [-0.15, -0.1) is 0 Å². The van der Waals surface area contributed by atoms with Crippen LogP contribution in [-0.4, -0.2) is 16.1 Å². The van der Waals surface area contributed by atoms with Gasteiger partial charge in [0.05, 0.1) is 11.7 Å². The van der Waals surface area contributed by atoms with Gasteiger partial charge in [-0.2, -0.15) is 5.10 Å². The lowest BCUT2D eigenvalue weighted by Gasteiger charge is -2.12.